The van der Waals surface area contributed by atoms with Crippen molar-refractivity contribution in [2.45, 2.75) is 20.0 Å². The summed E-state index contributed by atoms with van der Waals surface area (Å²) in [5.41, 5.74) is 0.927. The summed E-state index contributed by atoms with van der Waals surface area (Å²) >= 11 is 0. The Morgan fingerprint density at radius 2 is 2.25 bits per heavy atom. The third kappa shape index (κ3) is 2.64. The number of hydrogen-bond acceptors (Lipinski definition) is 5. The van der Waals surface area contributed by atoms with Gasteiger partial charge in [0.15, 0.2) is 0 Å². The van der Waals surface area contributed by atoms with Crippen LogP contribution in [0.4, 0.5) is 5.69 Å². The van der Waals surface area contributed by atoms with Crippen LogP contribution in [-0.2, 0) is 14.3 Å². The minimum atomic E-state index is -0.853. The van der Waals surface area contributed by atoms with Crippen molar-refractivity contribution in [1.82, 2.24) is 0 Å². The van der Waals surface area contributed by atoms with E-state index >= 15 is 0 Å². The lowest BCUT2D eigenvalue weighted by molar-refractivity contribution is -0.151. The molecule has 1 aliphatic rings. The van der Waals surface area contributed by atoms with Crippen molar-refractivity contribution in [2.24, 2.45) is 0 Å². The maximum Gasteiger partial charge on any atom is 0.349 e. The fourth-order valence-corrected chi connectivity index (χ4v) is 2.03. The fraction of sp³-hybridized carbons (Fsp3) is 0.357. The van der Waals surface area contributed by atoms with Gasteiger partial charge in [-0.1, -0.05) is 0 Å². The first-order valence-electron chi connectivity index (χ1n) is 6.27. The van der Waals surface area contributed by atoms with Gasteiger partial charge in [-0.3, -0.25) is 9.59 Å². The molecule has 1 unspecified atom stereocenters. The molecule has 6 nitrogen and oxygen atoms in total. The van der Waals surface area contributed by atoms with E-state index in [0.29, 0.717) is 23.3 Å². The zero-order chi connectivity index (χ0) is 14.7. The maximum absolute atomic E-state index is 11.8. The first-order valence-corrected chi connectivity index (χ1v) is 6.27. The zero-order valence-electron chi connectivity index (χ0n) is 11.3. The molecular weight excluding hydrogens is 262 g/mol. The molecule has 1 aromatic carbocycles. The number of rotatable bonds is 3. The summed E-state index contributed by atoms with van der Waals surface area (Å²) in [4.78, 5) is 35.7. The molecule has 0 N–H and O–H groups in total. The van der Waals surface area contributed by atoms with E-state index in [-0.39, 0.29) is 19.1 Å². The van der Waals surface area contributed by atoms with E-state index in [1.807, 2.05) is 0 Å². The van der Waals surface area contributed by atoms with Gasteiger partial charge in [0, 0.05) is 12.5 Å². The Morgan fingerprint density at radius 3 is 2.85 bits per heavy atom. The molecule has 1 atom stereocenters. The Hall–Kier alpha value is -2.37. The average Bonchev–Trinajstić information content (AvgIpc) is 2.45. The fourth-order valence-electron chi connectivity index (χ4n) is 2.03. The highest BCUT2D eigenvalue weighted by molar-refractivity contribution is 5.96. The molecule has 0 radical (unpaired) electrons. The highest BCUT2D eigenvalue weighted by Crippen LogP contribution is 2.34. The first-order chi connectivity index (χ1) is 9.56. The number of aldehydes is 1. The topological polar surface area (TPSA) is 72.9 Å². The largest absolute Gasteiger partial charge is 0.475 e. The molecule has 20 heavy (non-hydrogen) atoms. The summed E-state index contributed by atoms with van der Waals surface area (Å²) < 4.78 is 10.5. The third-order valence-electron chi connectivity index (χ3n) is 2.96. The predicted molar refractivity (Wildman–Crippen MR) is 70.9 cm³/mol. The normalized spacial score (nSPS) is 16.9. The molecule has 0 saturated heterocycles. The Morgan fingerprint density at radius 1 is 1.50 bits per heavy atom. The quantitative estimate of drug-likeness (QED) is 0.612. The van der Waals surface area contributed by atoms with E-state index < -0.39 is 12.1 Å². The molecule has 0 spiro atoms. The van der Waals surface area contributed by atoms with Crippen LogP contribution in [-0.4, -0.2) is 37.4 Å². The van der Waals surface area contributed by atoms with Crippen LogP contribution < -0.4 is 9.64 Å². The molecule has 6 heteroatoms. The van der Waals surface area contributed by atoms with Crippen molar-refractivity contribution < 1.29 is 23.9 Å². The van der Waals surface area contributed by atoms with Gasteiger partial charge in [0.1, 0.15) is 12.0 Å². The molecular formula is C14H15NO5. The van der Waals surface area contributed by atoms with Gasteiger partial charge < -0.3 is 14.4 Å². The van der Waals surface area contributed by atoms with Gasteiger partial charge in [0.05, 0.1) is 18.8 Å². The Bertz CT molecular complexity index is 554. The van der Waals surface area contributed by atoms with E-state index in [4.69, 9.17) is 9.47 Å². The minimum absolute atomic E-state index is 0.0729. The van der Waals surface area contributed by atoms with E-state index in [2.05, 4.69) is 0 Å². The molecule has 1 heterocycles. The van der Waals surface area contributed by atoms with Crippen LogP contribution in [0.3, 0.4) is 0 Å². The van der Waals surface area contributed by atoms with Crippen LogP contribution in [0.5, 0.6) is 5.75 Å². The second kappa shape index (κ2) is 5.73. The van der Waals surface area contributed by atoms with Crippen LogP contribution in [0.25, 0.3) is 0 Å². The lowest BCUT2D eigenvalue weighted by atomic mass is 10.1. The number of carbonyl (C=O) groups is 3. The van der Waals surface area contributed by atoms with Crippen molar-refractivity contribution in [2.75, 3.05) is 18.1 Å². The van der Waals surface area contributed by atoms with Crippen molar-refractivity contribution >= 4 is 23.9 Å². The molecule has 106 valence electrons. The van der Waals surface area contributed by atoms with Gasteiger partial charge >= 0.3 is 5.97 Å². The van der Waals surface area contributed by atoms with Gasteiger partial charge in [0.2, 0.25) is 12.0 Å². The Balaban J connectivity index is 2.36. The van der Waals surface area contributed by atoms with Gasteiger partial charge in [-0.2, -0.15) is 0 Å². The van der Waals surface area contributed by atoms with Crippen LogP contribution in [0.2, 0.25) is 0 Å². The molecule has 0 aliphatic carbocycles. The molecule has 2 rings (SSSR count). The number of amides is 1. The Kier molecular flexibility index (Phi) is 4.02. The number of anilines is 1. The lowest BCUT2D eigenvalue weighted by Crippen LogP contribution is -2.47. The molecule has 0 saturated carbocycles. The van der Waals surface area contributed by atoms with Crippen molar-refractivity contribution in [3.8, 4) is 5.75 Å². The minimum Gasteiger partial charge on any atom is -0.475 e. The zero-order valence-corrected chi connectivity index (χ0v) is 11.3. The number of fused-ring (bicyclic) bond motifs is 1. The lowest BCUT2D eigenvalue weighted by Gasteiger charge is -2.33. The van der Waals surface area contributed by atoms with E-state index in [1.54, 1.807) is 25.1 Å². The molecule has 1 aliphatic heterocycles. The maximum atomic E-state index is 11.8. The summed E-state index contributed by atoms with van der Waals surface area (Å²) in [6.07, 6.45) is -0.163. The molecule has 1 amide bonds. The van der Waals surface area contributed by atoms with Crippen LogP contribution in [0.15, 0.2) is 18.2 Å². The highest BCUT2D eigenvalue weighted by Gasteiger charge is 2.33. The molecule has 0 aromatic heterocycles. The van der Waals surface area contributed by atoms with Crippen molar-refractivity contribution in [3.05, 3.63) is 23.8 Å². The number of carbonyl (C=O) groups excluding carboxylic acids is 3. The highest BCUT2D eigenvalue weighted by atomic mass is 16.6. The van der Waals surface area contributed by atoms with Gasteiger partial charge in [-0.15, -0.1) is 0 Å². The number of benzene rings is 1. The Labute approximate surface area is 116 Å². The summed E-state index contributed by atoms with van der Waals surface area (Å²) in [6.45, 7) is 3.41. The second-order valence-corrected chi connectivity index (χ2v) is 4.33. The second-order valence-electron chi connectivity index (χ2n) is 4.33. The van der Waals surface area contributed by atoms with Crippen LogP contribution in [0, 0.1) is 0 Å². The van der Waals surface area contributed by atoms with E-state index in [1.165, 1.54) is 11.8 Å². The van der Waals surface area contributed by atoms with Gasteiger partial charge in [0.25, 0.3) is 0 Å². The standard InChI is InChI=1S/C14H15NO5/c1-3-19-14(18)13-7-15(9(2)17)11-6-10(8-16)4-5-12(11)20-13/h4-6,8,13H,3,7H2,1-2H3. The molecule has 0 fully saturated rings. The SMILES string of the molecule is CCOC(=O)C1CN(C(C)=O)c2cc(C=O)ccc2O1. The van der Waals surface area contributed by atoms with Crippen molar-refractivity contribution in [3.63, 3.8) is 0 Å². The van der Waals surface area contributed by atoms with E-state index in [9.17, 15) is 14.4 Å². The predicted octanol–water partition coefficient (Wildman–Crippen LogP) is 1.18. The number of hydrogen-bond donors (Lipinski definition) is 0. The first kappa shape index (κ1) is 14.0. The summed E-state index contributed by atoms with van der Waals surface area (Å²) in [7, 11) is 0. The van der Waals surface area contributed by atoms with E-state index in [0.717, 1.165) is 0 Å². The molecule has 0 bridgehead atoms. The summed E-state index contributed by atoms with van der Waals surface area (Å²) in [5, 5.41) is 0. The summed E-state index contributed by atoms with van der Waals surface area (Å²) in [6, 6.07) is 4.70. The monoisotopic (exact) mass is 277 g/mol. The van der Waals surface area contributed by atoms with Crippen LogP contribution in [0.1, 0.15) is 24.2 Å². The summed E-state index contributed by atoms with van der Waals surface area (Å²) in [5.74, 6) is -0.356. The molecule has 1 aromatic rings. The number of nitrogens with zero attached hydrogens (tertiary/aromatic N) is 1. The number of esters is 1. The smallest absolute Gasteiger partial charge is 0.349 e. The van der Waals surface area contributed by atoms with Crippen molar-refractivity contribution in [1.29, 1.82) is 0 Å². The average molecular weight is 277 g/mol. The van der Waals surface area contributed by atoms with Gasteiger partial charge in [-0.05, 0) is 25.1 Å². The van der Waals surface area contributed by atoms with Gasteiger partial charge in [-0.25, -0.2) is 4.79 Å². The van der Waals surface area contributed by atoms with Crippen LogP contribution >= 0.6 is 0 Å². The third-order valence-corrected chi connectivity index (χ3v) is 2.96. The number of ether oxygens (including phenoxy) is 2.